The molecule has 0 aliphatic heterocycles. The summed E-state index contributed by atoms with van der Waals surface area (Å²) in [7, 11) is 0. The maximum absolute atomic E-state index is 12.1. The first-order valence-electron chi connectivity index (χ1n) is 6.22. The van der Waals surface area contributed by atoms with E-state index in [9.17, 15) is 9.59 Å². The summed E-state index contributed by atoms with van der Waals surface area (Å²) >= 11 is 0. The third-order valence-corrected chi connectivity index (χ3v) is 2.68. The van der Waals surface area contributed by atoms with Crippen molar-refractivity contribution < 1.29 is 14.3 Å². The molecule has 19 heavy (non-hydrogen) atoms. The Morgan fingerprint density at radius 2 is 2.11 bits per heavy atom. The van der Waals surface area contributed by atoms with Crippen LogP contribution in [0.2, 0.25) is 0 Å². The maximum atomic E-state index is 12.1. The lowest BCUT2D eigenvalue weighted by atomic mass is 10.2. The van der Waals surface area contributed by atoms with Crippen LogP contribution in [0, 0.1) is 6.92 Å². The fraction of sp³-hybridized carbons (Fsp3) is 0.583. The van der Waals surface area contributed by atoms with Gasteiger partial charge in [-0.3, -0.25) is 9.48 Å². The van der Waals surface area contributed by atoms with E-state index >= 15 is 0 Å². The van der Waals surface area contributed by atoms with Crippen molar-refractivity contribution in [2.45, 2.75) is 40.3 Å². The van der Waals surface area contributed by atoms with E-state index in [4.69, 9.17) is 10.5 Å². The molecule has 0 fully saturated rings. The van der Waals surface area contributed by atoms with Gasteiger partial charge < -0.3 is 15.8 Å². The normalized spacial score (nSPS) is 12.0. The van der Waals surface area contributed by atoms with Crippen LogP contribution in [0.5, 0.6) is 0 Å². The molecular formula is C12H20N4O3. The first-order chi connectivity index (χ1) is 8.92. The first-order valence-corrected chi connectivity index (χ1v) is 6.22. The summed E-state index contributed by atoms with van der Waals surface area (Å²) in [6, 6.07) is -0.729. The summed E-state index contributed by atoms with van der Waals surface area (Å²) in [6.07, 6.45) is 0. The molecule has 0 aliphatic rings. The van der Waals surface area contributed by atoms with Gasteiger partial charge in [-0.15, -0.1) is 0 Å². The maximum Gasteiger partial charge on any atom is 0.328 e. The molecule has 1 heterocycles. The summed E-state index contributed by atoms with van der Waals surface area (Å²) in [4.78, 5) is 23.6. The molecule has 0 aromatic carbocycles. The number of nitrogens with zero attached hydrogens (tertiary/aromatic N) is 2. The van der Waals surface area contributed by atoms with Crippen molar-refractivity contribution in [2.24, 2.45) is 0 Å². The van der Waals surface area contributed by atoms with Gasteiger partial charge in [-0.25, -0.2) is 4.79 Å². The zero-order valence-corrected chi connectivity index (χ0v) is 11.7. The number of aryl methyl sites for hydroxylation is 2. The van der Waals surface area contributed by atoms with Crippen LogP contribution in [-0.2, 0) is 16.1 Å². The van der Waals surface area contributed by atoms with Gasteiger partial charge in [0.15, 0.2) is 0 Å². The SMILES string of the molecule is CCOC(=O)C(C)NC(=O)c1c(N)c(C)nn1CC. The predicted octanol–water partition coefficient (Wildman–Crippen LogP) is 0.475. The molecule has 0 bridgehead atoms. The Morgan fingerprint density at radius 3 is 2.63 bits per heavy atom. The smallest absolute Gasteiger partial charge is 0.328 e. The third-order valence-electron chi connectivity index (χ3n) is 2.68. The molecule has 0 radical (unpaired) electrons. The number of hydrogen-bond donors (Lipinski definition) is 2. The van der Waals surface area contributed by atoms with Gasteiger partial charge in [0, 0.05) is 6.54 Å². The molecule has 3 N–H and O–H groups in total. The number of hydrogen-bond acceptors (Lipinski definition) is 5. The Bertz CT molecular complexity index is 482. The molecule has 106 valence electrons. The van der Waals surface area contributed by atoms with E-state index in [1.807, 2.05) is 6.92 Å². The Labute approximate surface area is 112 Å². The van der Waals surface area contributed by atoms with Crippen LogP contribution >= 0.6 is 0 Å². The average Bonchev–Trinajstić information content (AvgIpc) is 2.65. The lowest BCUT2D eigenvalue weighted by molar-refractivity contribution is -0.144. The van der Waals surface area contributed by atoms with Crippen LogP contribution in [-0.4, -0.2) is 34.3 Å². The van der Waals surface area contributed by atoms with E-state index < -0.39 is 17.9 Å². The molecule has 1 atom stereocenters. The van der Waals surface area contributed by atoms with Gasteiger partial charge in [-0.05, 0) is 27.7 Å². The minimum atomic E-state index is -0.729. The van der Waals surface area contributed by atoms with Crippen molar-refractivity contribution >= 4 is 17.6 Å². The number of esters is 1. The second-order valence-corrected chi connectivity index (χ2v) is 4.11. The van der Waals surface area contributed by atoms with Crippen LogP contribution in [0.3, 0.4) is 0 Å². The van der Waals surface area contributed by atoms with Gasteiger partial charge in [0.1, 0.15) is 11.7 Å². The molecule has 1 aromatic heterocycles. The molecule has 1 unspecified atom stereocenters. The molecule has 7 nitrogen and oxygen atoms in total. The molecule has 0 saturated carbocycles. The van der Waals surface area contributed by atoms with Crippen LogP contribution in [0.25, 0.3) is 0 Å². The molecular weight excluding hydrogens is 248 g/mol. The number of nitrogens with one attached hydrogen (secondary N) is 1. The van der Waals surface area contributed by atoms with Crippen molar-refractivity contribution in [3.8, 4) is 0 Å². The minimum Gasteiger partial charge on any atom is -0.464 e. The Hall–Kier alpha value is -2.05. The van der Waals surface area contributed by atoms with E-state index in [0.717, 1.165) is 0 Å². The van der Waals surface area contributed by atoms with E-state index in [-0.39, 0.29) is 12.3 Å². The van der Waals surface area contributed by atoms with Gasteiger partial charge >= 0.3 is 5.97 Å². The van der Waals surface area contributed by atoms with Crippen molar-refractivity contribution in [3.63, 3.8) is 0 Å². The number of carbonyl (C=O) groups is 2. The second kappa shape index (κ2) is 6.21. The highest BCUT2D eigenvalue weighted by molar-refractivity contribution is 5.99. The van der Waals surface area contributed by atoms with Gasteiger partial charge in [-0.1, -0.05) is 0 Å². The monoisotopic (exact) mass is 268 g/mol. The van der Waals surface area contributed by atoms with Crippen LogP contribution in [0.4, 0.5) is 5.69 Å². The number of nitrogen functional groups attached to an aromatic ring is 1. The van der Waals surface area contributed by atoms with E-state index in [1.54, 1.807) is 20.8 Å². The Kier molecular flexibility index (Phi) is 4.91. The Morgan fingerprint density at radius 1 is 1.47 bits per heavy atom. The minimum absolute atomic E-state index is 0.271. The molecule has 7 heteroatoms. The van der Waals surface area contributed by atoms with Crippen molar-refractivity contribution in [1.82, 2.24) is 15.1 Å². The zero-order valence-electron chi connectivity index (χ0n) is 11.7. The summed E-state index contributed by atoms with van der Waals surface area (Å²) in [5.41, 5.74) is 7.03. The topological polar surface area (TPSA) is 99.2 Å². The first kappa shape index (κ1) is 15.0. The molecule has 1 rings (SSSR count). The van der Waals surface area contributed by atoms with Gasteiger partial charge in [0.05, 0.1) is 18.0 Å². The highest BCUT2D eigenvalue weighted by Gasteiger charge is 2.23. The number of aromatic nitrogens is 2. The van der Waals surface area contributed by atoms with Crippen molar-refractivity contribution in [3.05, 3.63) is 11.4 Å². The van der Waals surface area contributed by atoms with E-state index in [1.165, 1.54) is 4.68 Å². The zero-order chi connectivity index (χ0) is 14.6. The second-order valence-electron chi connectivity index (χ2n) is 4.11. The number of nitrogens with two attached hydrogens (primary N) is 1. The number of carbonyl (C=O) groups excluding carboxylic acids is 2. The standard InChI is InChI=1S/C12H20N4O3/c1-5-16-10(9(13)7(3)15-16)11(17)14-8(4)12(18)19-6-2/h8H,5-6,13H2,1-4H3,(H,14,17). The van der Waals surface area contributed by atoms with Crippen molar-refractivity contribution in [2.75, 3.05) is 12.3 Å². The summed E-state index contributed by atoms with van der Waals surface area (Å²) in [6.45, 7) is 7.65. The third kappa shape index (κ3) is 3.24. The van der Waals surface area contributed by atoms with Gasteiger partial charge in [0.25, 0.3) is 5.91 Å². The molecule has 0 aliphatic carbocycles. The largest absolute Gasteiger partial charge is 0.464 e. The molecule has 0 saturated heterocycles. The van der Waals surface area contributed by atoms with E-state index in [0.29, 0.717) is 17.9 Å². The van der Waals surface area contributed by atoms with Crippen LogP contribution in [0.1, 0.15) is 37.0 Å². The molecule has 0 spiro atoms. The van der Waals surface area contributed by atoms with Crippen LogP contribution in [0.15, 0.2) is 0 Å². The number of amides is 1. The number of rotatable bonds is 5. The highest BCUT2D eigenvalue weighted by Crippen LogP contribution is 2.16. The Balaban J connectivity index is 2.87. The summed E-state index contributed by atoms with van der Waals surface area (Å²) in [5, 5.41) is 6.71. The lowest BCUT2D eigenvalue weighted by Gasteiger charge is -2.13. The number of ether oxygens (including phenoxy) is 1. The predicted molar refractivity (Wildman–Crippen MR) is 70.6 cm³/mol. The van der Waals surface area contributed by atoms with E-state index in [2.05, 4.69) is 10.4 Å². The molecule has 1 amide bonds. The quantitative estimate of drug-likeness (QED) is 0.756. The average molecular weight is 268 g/mol. The summed E-state index contributed by atoms with van der Waals surface area (Å²) < 4.78 is 6.34. The summed E-state index contributed by atoms with van der Waals surface area (Å²) in [5.74, 6) is -0.908. The van der Waals surface area contributed by atoms with Crippen molar-refractivity contribution in [1.29, 1.82) is 0 Å². The fourth-order valence-electron chi connectivity index (χ4n) is 1.65. The fourth-order valence-corrected chi connectivity index (χ4v) is 1.65. The highest BCUT2D eigenvalue weighted by atomic mass is 16.5. The molecule has 1 aromatic rings. The van der Waals surface area contributed by atoms with Gasteiger partial charge in [-0.2, -0.15) is 5.10 Å². The van der Waals surface area contributed by atoms with Gasteiger partial charge in [0.2, 0.25) is 0 Å². The number of anilines is 1. The lowest BCUT2D eigenvalue weighted by Crippen LogP contribution is -2.40. The van der Waals surface area contributed by atoms with Crippen LogP contribution < -0.4 is 11.1 Å².